The Morgan fingerprint density at radius 1 is 1.24 bits per heavy atom. The second-order valence-corrected chi connectivity index (χ2v) is 9.02. The van der Waals surface area contributed by atoms with Gasteiger partial charge in [-0.25, -0.2) is 4.79 Å². The van der Waals surface area contributed by atoms with Gasteiger partial charge in [0, 0.05) is 26.1 Å². The summed E-state index contributed by atoms with van der Waals surface area (Å²) in [5, 5.41) is 10.7. The smallest absolute Gasteiger partial charge is 0.411 e. The van der Waals surface area contributed by atoms with Crippen LogP contribution in [0.3, 0.4) is 0 Å². The molecule has 5 heteroatoms. The minimum atomic E-state index is -0.635. The maximum absolute atomic E-state index is 12.9. The number of rotatable bonds is 2. The van der Waals surface area contributed by atoms with Gasteiger partial charge in [-0.15, -0.1) is 0 Å². The summed E-state index contributed by atoms with van der Waals surface area (Å²) in [7, 11) is 0. The number of piperazine rings is 1. The summed E-state index contributed by atoms with van der Waals surface area (Å²) >= 11 is 0. The van der Waals surface area contributed by atoms with E-state index in [4.69, 9.17) is 4.74 Å². The van der Waals surface area contributed by atoms with Crippen molar-refractivity contribution in [1.29, 1.82) is 0 Å². The Balaban J connectivity index is 1.84. The summed E-state index contributed by atoms with van der Waals surface area (Å²) in [4.78, 5) is 17.0. The van der Waals surface area contributed by atoms with Gasteiger partial charge in [0.1, 0.15) is 5.60 Å². The molecule has 0 radical (unpaired) electrons. The molecule has 1 N–H and O–H groups in total. The summed E-state index contributed by atoms with van der Waals surface area (Å²) in [6.45, 7) is 11.8. The molecule has 0 unspecified atom stereocenters. The lowest BCUT2D eigenvalue weighted by Crippen LogP contribution is -2.68. The van der Waals surface area contributed by atoms with Crippen LogP contribution in [0.4, 0.5) is 4.79 Å². The van der Waals surface area contributed by atoms with Crippen LogP contribution in [-0.4, -0.2) is 56.9 Å². The summed E-state index contributed by atoms with van der Waals surface area (Å²) in [5.41, 5.74) is -0.363. The Morgan fingerprint density at radius 3 is 2.44 bits per heavy atom. The fraction of sp³-hybridized carbons (Fsp3) is 0.650. The molecule has 138 valence electrons. The van der Waals surface area contributed by atoms with Crippen LogP contribution in [0.5, 0.6) is 0 Å². The van der Waals surface area contributed by atoms with Crippen LogP contribution in [0, 0.1) is 0 Å². The third-order valence-electron chi connectivity index (χ3n) is 5.33. The largest absolute Gasteiger partial charge is 0.444 e. The van der Waals surface area contributed by atoms with E-state index in [1.54, 1.807) is 4.90 Å². The van der Waals surface area contributed by atoms with E-state index in [1.165, 1.54) is 5.56 Å². The Morgan fingerprint density at radius 2 is 1.88 bits per heavy atom. The second-order valence-electron chi connectivity index (χ2n) is 9.02. The summed E-state index contributed by atoms with van der Waals surface area (Å²) in [6.07, 6.45) is -0.298. The predicted molar refractivity (Wildman–Crippen MR) is 97.2 cm³/mol. The molecule has 2 fully saturated rings. The zero-order valence-electron chi connectivity index (χ0n) is 16.0. The number of hydrogen-bond acceptors (Lipinski definition) is 4. The number of carbonyl (C=O) groups excluding carboxylic acids is 1. The first-order valence-electron chi connectivity index (χ1n) is 9.01. The number of hydrogen-bond donors (Lipinski definition) is 1. The molecule has 5 nitrogen and oxygen atoms in total. The molecule has 0 spiro atoms. The molecular formula is C20H30N2O3. The Kier molecular flexibility index (Phi) is 4.36. The molecule has 0 aromatic heterocycles. The Hall–Kier alpha value is -1.59. The molecule has 3 atom stereocenters. The molecule has 1 amide bonds. The van der Waals surface area contributed by atoms with Crippen LogP contribution in [0.2, 0.25) is 0 Å². The molecule has 2 saturated heterocycles. The third-order valence-corrected chi connectivity index (χ3v) is 5.33. The van der Waals surface area contributed by atoms with Crippen LogP contribution in [0.25, 0.3) is 0 Å². The topological polar surface area (TPSA) is 53.0 Å². The molecule has 1 aromatic carbocycles. The molecule has 3 rings (SSSR count). The summed E-state index contributed by atoms with van der Waals surface area (Å²) in [5.74, 6) is 0. The van der Waals surface area contributed by atoms with Crippen LogP contribution in [-0.2, 0) is 11.3 Å². The highest BCUT2D eigenvalue weighted by Crippen LogP contribution is 2.46. The zero-order valence-corrected chi connectivity index (χ0v) is 16.0. The summed E-state index contributed by atoms with van der Waals surface area (Å²) in [6, 6.07) is 10.3. The van der Waals surface area contributed by atoms with E-state index in [0.29, 0.717) is 13.0 Å². The lowest BCUT2D eigenvalue weighted by atomic mass is 9.94. The van der Waals surface area contributed by atoms with Crippen LogP contribution >= 0.6 is 0 Å². The lowest BCUT2D eigenvalue weighted by molar-refractivity contribution is -0.0710. The highest BCUT2D eigenvalue weighted by molar-refractivity contribution is 5.71. The van der Waals surface area contributed by atoms with Crippen molar-refractivity contribution in [2.75, 3.05) is 13.1 Å². The lowest BCUT2D eigenvalue weighted by Gasteiger charge is -2.52. The normalized spacial score (nSPS) is 32.7. The third kappa shape index (κ3) is 3.40. The van der Waals surface area contributed by atoms with Crippen LogP contribution < -0.4 is 0 Å². The first-order valence-corrected chi connectivity index (χ1v) is 9.01. The average Bonchev–Trinajstić information content (AvgIpc) is 2.57. The van der Waals surface area contributed by atoms with Gasteiger partial charge in [-0.1, -0.05) is 30.3 Å². The van der Waals surface area contributed by atoms with Crippen molar-refractivity contribution in [2.45, 2.75) is 70.4 Å². The standard InChI is InChI=1S/C20H30N2O3/c1-18(2,3)25-17(24)22-19(4)11-16(23)20(22,5)14-21(13-19)12-15-9-7-6-8-10-15/h6-10,16,23H,11-14H2,1-5H3/t16-,19+,20-/m1/s1. The van der Waals surface area contributed by atoms with E-state index < -0.39 is 22.8 Å². The van der Waals surface area contributed by atoms with Crippen molar-refractivity contribution in [3.05, 3.63) is 35.9 Å². The number of likely N-dealkylation sites (tertiary alicyclic amines) is 1. The maximum Gasteiger partial charge on any atom is 0.411 e. The van der Waals surface area contributed by atoms with Crippen LogP contribution in [0.1, 0.15) is 46.6 Å². The van der Waals surface area contributed by atoms with Gasteiger partial charge in [0.25, 0.3) is 0 Å². The van der Waals surface area contributed by atoms with Gasteiger partial charge in [0.05, 0.1) is 17.2 Å². The summed E-state index contributed by atoms with van der Waals surface area (Å²) < 4.78 is 5.65. The monoisotopic (exact) mass is 346 g/mol. The molecule has 0 aliphatic carbocycles. The van der Waals surface area contributed by atoms with E-state index in [2.05, 4.69) is 24.0 Å². The molecule has 25 heavy (non-hydrogen) atoms. The fourth-order valence-electron chi connectivity index (χ4n) is 4.48. The zero-order chi connectivity index (χ0) is 18.5. The van der Waals surface area contributed by atoms with E-state index in [-0.39, 0.29) is 6.09 Å². The van der Waals surface area contributed by atoms with Crippen LogP contribution in [0.15, 0.2) is 30.3 Å². The SMILES string of the molecule is CC(C)(C)OC(=O)N1[C@@]2(C)C[C@@H](O)[C@@]1(C)CN(Cc1ccccc1)C2. The molecule has 2 aliphatic rings. The fourth-order valence-corrected chi connectivity index (χ4v) is 4.48. The van der Waals surface area contributed by atoms with E-state index in [9.17, 15) is 9.90 Å². The molecular weight excluding hydrogens is 316 g/mol. The van der Waals surface area contributed by atoms with Crippen molar-refractivity contribution in [3.63, 3.8) is 0 Å². The minimum Gasteiger partial charge on any atom is -0.444 e. The number of ether oxygens (including phenoxy) is 1. The van der Waals surface area contributed by atoms with Crippen molar-refractivity contribution < 1.29 is 14.6 Å². The molecule has 0 saturated carbocycles. The maximum atomic E-state index is 12.9. The van der Waals surface area contributed by atoms with Gasteiger partial charge in [-0.3, -0.25) is 9.80 Å². The quantitative estimate of drug-likeness (QED) is 0.894. The number of fused-ring (bicyclic) bond motifs is 2. The van der Waals surface area contributed by atoms with E-state index >= 15 is 0 Å². The van der Waals surface area contributed by atoms with Gasteiger partial charge in [-0.05, 0) is 40.2 Å². The van der Waals surface area contributed by atoms with Gasteiger partial charge < -0.3 is 9.84 Å². The Labute approximate surface area is 150 Å². The number of nitrogens with zero attached hydrogens (tertiary/aromatic N) is 2. The minimum absolute atomic E-state index is 0.326. The molecule has 1 aromatic rings. The number of benzene rings is 1. The van der Waals surface area contributed by atoms with E-state index in [0.717, 1.165) is 13.1 Å². The number of amides is 1. The molecule has 2 heterocycles. The highest BCUT2D eigenvalue weighted by atomic mass is 16.6. The van der Waals surface area contributed by atoms with E-state index in [1.807, 2.05) is 45.9 Å². The molecule has 2 aliphatic heterocycles. The second kappa shape index (κ2) is 5.99. The van der Waals surface area contributed by atoms with Crippen molar-refractivity contribution in [3.8, 4) is 0 Å². The first kappa shape index (κ1) is 18.2. The highest BCUT2D eigenvalue weighted by Gasteiger charge is 2.62. The predicted octanol–water partition coefficient (Wildman–Crippen LogP) is 3.02. The first-order chi connectivity index (χ1) is 11.5. The number of carbonyl (C=O) groups is 1. The Bertz CT molecular complexity index is 642. The average molecular weight is 346 g/mol. The van der Waals surface area contributed by atoms with Crippen molar-refractivity contribution in [1.82, 2.24) is 9.80 Å². The number of aliphatic hydroxyl groups is 1. The van der Waals surface area contributed by atoms with Gasteiger partial charge in [-0.2, -0.15) is 0 Å². The van der Waals surface area contributed by atoms with Crippen molar-refractivity contribution >= 4 is 6.09 Å². The number of aliphatic hydroxyl groups excluding tert-OH is 1. The molecule has 2 bridgehead atoms. The van der Waals surface area contributed by atoms with Gasteiger partial charge in [0.15, 0.2) is 0 Å². The van der Waals surface area contributed by atoms with Crippen molar-refractivity contribution in [2.24, 2.45) is 0 Å². The van der Waals surface area contributed by atoms with Gasteiger partial charge >= 0.3 is 6.09 Å². The van der Waals surface area contributed by atoms with Gasteiger partial charge in [0.2, 0.25) is 0 Å².